The highest BCUT2D eigenvalue weighted by Gasteiger charge is 2.18. The molecule has 0 unspecified atom stereocenters. The van der Waals surface area contributed by atoms with Gasteiger partial charge in [-0.1, -0.05) is 6.08 Å². The van der Waals surface area contributed by atoms with Gasteiger partial charge < -0.3 is 14.9 Å². The molecule has 0 radical (unpaired) electrons. The second-order valence-corrected chi connectivity index (χ2v) is 8.56. The number of fused-ring (bicyclic) bond motifs is 1. The molecule has 0 atom stereocenters. The monoisotopic (exact) mass is 448 g/mol. The molecular weight excluding hydrogens is 427 g/mol. The van der Waals surface area contributed by atoms with Gasteiger partial charge in [-0.05, 0) is 42.7 Å². The minimum absolute atomic E-state index is 0.119. The predicted molar refractivity (Wildman–Crippen MR) is 123 cm³/mol. The molecule has 3 aromatic rings. The van der Waals surface area contributed by atoms with E-state index < -0.39 is 0 Å². The summed E-state index contributed by atoms with van der Waals surface area (Å²) in [6, 6.07) is 1.98. The normalized spacial score (nSPS) is 18.5. The summed E-state index contributed by atoms with van der Waals surface area (Å²) in [4.78, 5) is 29.3. The van der Waals surface area contributed by atoms with Crippen molar-refractivity contribution in [3.8, 4) is 0 Å². The first-order valence-corrected chi connectivity index (χ1v) is 11.2. The van der Waals surface area contributed by atoms with Crippen LogP contribution in [0.25, 0.3) is 11.1 Å². The molecule has 2 aliphatic rings. The lowest BCUT2D eigenvalue weighted by Crippen LogP contribution is -2.38. The number of hydrogen-bond acceptors (Lipinski definition) is 5. The summed E-state index contributed by atoms with van der Waals surface area (Å²) >= 11 is 1.53. The highest BCUT2D eigenvalue weighted by atomic mass is 32.1. The minimum atomic E-state index is -0.253. The second-order valence-electron chi connectivity index (χ2n) is 7.62. The number of nitrogens with zero attached hydrogens (tertiary/aromatic N) is 4. The first kappa shape index (κ1) is 20.3. The maximum absolute atomic E-state index is 13.5. The summed E-state index contributed by atoms with van der Waals surface area (Å²) in [6.45, 7) is 2.44. The van der Waals surface area contributed by atoms with Gasteiger partial charge in [0.25, 0.3) is 0 Å². The Labute approximate surface area is 187 Å². The number of carbonyl (C=O) groups is 1. The molecule has 0 fully saturated rings. The number of amides is 1. The van der Waals surface area contributed by atoms with Crippen molar-refractivity contribution in [1.82, 2.24) is 24.8 Å². The van der Waals surface area contributed by atoms with Crippen molar-refractivity contribution in [2.75, 3.05) is 0 Å². The number of thiazole rings is 1. The van der Waals surface area contributed by atoms with E-state index in [2.05, 4.69) is 25.3 Å². The number of H-pyrrole nitrogens is 1. The molecule has 4 heterocycles. The highest BCUT2D eigenvalue weighted by molar-refractivity contribution is 7.09. The number of hydrogen-bond donors (Lipinski definition) is 2. The molecule has 0 spiro atoms. The molecule has 1 aliphatic carbocycles. The second kappa shape index (κ2) is 8.51. The van der Waals surface area contributed by atoms with Crippen LogP contribution in [-0.4, -0.2) is 31.6 Å². The van der Waals surface area contributed by atoms with Gasteiger partial charge in [0.1, 0.15) is 23.2 Å². The lowest BCUT2D eigenvalue weighted by molar-refractivity contribution is -0.121. The largest absolute Gasteiger partial charge is 0.348 e. The Bertz CT molecular complexity index is 1400. The Morgan fingerprint density at radius 3 is 3.03 bits per heavy atom. The molecule has 7 nitrogen and oxygen atoms in total. The number of carbonyl (C=O) groups excluding carboxylic acids is 1. The summed E-state index contributed by atoms with van der Waals surface area (Å²) < 4.78 is 15.4. The van der Waals surface area contributed by atoms with Gasteiger partial charge in [0, 0.05) is 35.5 Å². The van der Waals surface area contributed by atoms with Gasteiger partial charge in [0.15, 0.2) is 0 Å². The molecule has 1 aliphatic heterocycles. The van der Waals surface area contributed by atoms with Gasteiger partial charge in [-0.25, -0.2) is 19.4 Å². The Morgan fingerprint density at radius 2 is 2.25 bits per heavy atom. The highest BCUT2D eigenvalue weighted by Crippen LogP contribution is 2.28. The van der Waals surface area contributed by atoms with Crippen LogP contribution in [0, 0.1) is 6.92 Å². The molecule has 0 saturated heterocycles. The summed E-state index contributed by atoms with van der Waals surface area (Å²) in [5.41, 5.74) is 3.87. The van der Waals surface area contributed by atoms with Crippen molar-refractivity contribution in [2.45, 2.75) is 32.9 Å². The third kappa shape index (κ3) is 3.99. The van der Waals surface area contributed by atoms with Crippen LogP contribution >= 0.6 is 11.3 Å². The maximum Gasteiger partial charge on any atom is 0.240 e. The lowest BCUT2D eigenvalue weighted by Gasteiger charge is -2.12. The van der Waals surface area contributed by atoms with E-state index in [4.69, 9.17) is 0 Å². The molecule has 32 heavy (non-hydrogen) atoms. The minimum Gasteiger partial charge on any atom is -0.348 e. The summed E-state index contributed by atoms with van der Waals surface area (Å²) in [7, 11) is 0. The summed E-state index contributed by atoms with van der Waals surface area (Å²) in [5.74, 6) is 0.401. The Hall–Kier alpha value is -3.59. The van der Waals surface area contributed by atoms with E-state index in [-0.39, 0.29) is 18.3 Å². The quantitative estimate of drug-likeness (QED) is 0.643. The zero-order chi connectivity index (χ0) is 22.1. The van der Waals surface area contributed by atoms with Crippen molar-refractivity contribution < 1.29 is 9.18 Å². The summed E-state index contributed by atoms with van der Waals surface area (Å²) in [6.07, 6.45) is 11.2. The van der Waals surface area contributed by atoms with Crippen LogP contribution in [0.1, 0.15) is 29.1 Å². The van der Waals surface area contributed by atoms with Crippen molar-refractivity contribution >= 4 is 40.4 Å². The maximum atomic E-state index is 13.5. The summed E-state index contributed by atoms with van der Waals surface area (Å²) in [5, 5.41) is 7.38. The standard InChI is InChI=1S/C23H21FN6OS/c1-14-12-32-20(29-14)10-27-19(31)11-30-13-28-21(15-2-4-16(24)5-3-15)22(30)17-6-8-25-23-18(17)7-9-26-23/h2,4-5,7-9,12-13,26H,3,6,10-11H2,1H3,(H,27,31). The Kier molecular flexibility index (Phi) is 5.40. The topological polar surface area (TPSA) is 88.0 Å². The number of aliphatic imine (C=N–C) groups is 1. The van der Waals surface area contributed by atoms with Gasteiger partial charge in [-0.2, -0.15) is 0 Å². The molecule has 0 aromatic carbocycles. The van der Waals surface area contributed by atoms with Gasteiger partial charge in [-0.15, -0.1) is 11.3 Å². The zero-order valence-electron chi connectivity index (χ0n) is 17.4. The van der Waals surface area contributed by atoms with E-state index in [9.17, 15) is 9.18 Å². The van der Waals surface area contributed by atoms with Crippen LogP contribution in [0.15, 0.2) is 53.0 Å². The van der Waals surface area contributed by atoms with Crippen molar-refractivity contribution in [3.63, 3.8) is 0 Å². The molecular formula is C23H21FN6OS. The lowest BCUT2D eigenvalue weighted by atomic mass is 10.0. The first-order valence-electron chi connectivity index (χ1n) is 10.3. The van der Waals surface area contributed by atoms with E-state index in [0.717, 1.165) is 43.9 Å². The zero-order valence-corrected chi connectivity index (χ0v) is 18.2. The van der Waals surface area contributed by atoms with Gasteiger partial charge in [-0.3, -0.25) is 4.79 Å². The third-order valence-corrected chi connectivity index (χ3v) is 6.34. The number of aromatic amines is 1. The number of aromatic nitrogens is 4. The van der Waals surface area contributed by atoms with E-state index in [0.29, 0.717) is 19.4 Å². The smallest absolute Gasteiger partial charge is 0.240 e. The average Bonchev–Trinajstić information content (AvgIpc) is 3.52. The average molecular weight is 449 g/mol. The van der Waals surface area contributed by atoms with Crippen LogP contribution in [0.2, 0.25) is 0 Å². The number of imidazole rings is 1. The van der Waals surface area contributed by atoms with Crippen molar-refractivity contribution in [1.29, 1.82) is 0 Å². The fourth-order valence-electron chi connectivity index (χ4n) is 3.89. The fourth-order valence-corrected chi connectivity index (χ4v) is 4.61. The van der Waals surface area contributed by atoms with Crippen LogP contribution in [0.4, 0.5) is 10.2 Å². The number of aryl methyl sites for hydroxylation is 1. The molecule has 0 bridgehead atoms. The third-order valence-electron chi connectivity index (χ3n) is 5.37. The van der Waals surface area contributed by atoms with E-state index >= 15 is 0 Å². The molecule has 9 heteroatoms. The molecule has 162 valence electrons. The van der Waals surface area contributed by atoms with Gasteiger partial charge >= 0.3 is 0 Å². The molecule has 5 rings (SSSR count). The number of rotatable bonds is 4. The van der Waals surface area contributed by atoms with Crippen molar-refractivity contribution in [2.24, 2.45) is 4.99 Å². The van der Waals surface area contributed by atoms with Crippen LogP contribution in [0.3, 0.4) is 0 Å². The fraction of sp³-hybridized carbons (Fsp3) is 0.217. The number of halogens is 1. The molecule has 1 amide bonds. The van der Waals surface area contributed by atoms with E-state index in [1.54, 1.807) is 12.4 Å². The SMILES string of the molecule is Cc1csc(CNC(=O)Cn2cnc(=C3C=CC(F)=CC3)c2=C2CC=Nc3[nH]ccc32)n1. The van der Waals surface area contributed by atoms with Crippen LogP contribution < -0.4 is 16.0 Å². The Morgan fingerprint density at radius 1 is 1.34 bits per heavy atom. The molecule has 2 N–H and O–H groups in total. The number of nitrogens with one attached hydrogen (secondary N) is 2. The molecule has 0 saturated carbocycles. The van der Waals surface area contributed by atoms with Crippen LogP contribution in [-0.2, 0) is 17.9 Å². The van der Waals surface area contributed by atoms with Crippen LogP contribution in [0.5, 0.6) is 0 Å². The van der Waals surface area contributed by atoms with Gasteiger partial charge in [0.2, 0.25) is 5.91 Å². The van der Waals surface area contributed by atoms with Crippen molar-refractivity contribution in [3.05, 3.63) is 75.0 Å². The van der Waals surface area contributed by atoms with Gasteiger partial charge in [0.05, 0.1) is 23.6 Å². The van der Waals surface area contributed by atoms with E-state index in [1.165, 1.54) is 23.5 Å². The number of allylic oxidation sites excluding steroid dienone is 4. The first-order chi connectivity index (χ1) is 15.6. The predicted octanol–water partition coefficient (Wildman–Crippen LogP) is 2.56. The Balaban J connectivity index is 1.55. The van der Waals surface area contributed by atoms with E-state index in [1.807, 2.05) is 35.3 Å². The molecule has 3 aromatic heterocycles.